The van der Waals surface area contributed by atoms with Gasteiger partial charge in [0.15, 0.2) is 0 Å². The number of aliphatic hydroxyl groups excluding tert-OH is 1. The topological polar surface area (TPSA) is 76.0 Å². The van der Waals surface area contributed by atoms with E-state index in [4.69, 9.17) is 19.7 Å². The molecule has 1 unspecified atom stereocenters. The van der Waals surface area contributed by atoms with Crippen LogP contribution in [0.15, 0.2) is 24.3 Å². The minimum Gasteiger partial charge on any atom is -0.478 e. The minimum atomic E-state index is -1.09. The third-order valence-electron chi connectivity index (χ3n) is 1.95. The Labute approximate surface area is 93.2 Å². The smallest absolute Gasteiger partial charge is 0.347 e. The second-order valence-electron chi connectivity index (χ2n) is 3.21. The Morgan fingerprint density at radius 2 is 2.25 bits per heavy atom. The zero-order valence-corrected chi connectivity index (χ0v) is 8.92. The Hall–Kier alpha value is -1.59. The van der Waals surface area contributed by atoms with Gasteiger partial charge in [0.2, 0.25) is 6.10 Å². The van der Waals surface area contributed by atoms with Crippen LogP contribution in [0.3, 0.4) is 0 Å². The number of carboxylic acids is 1. The number of aliphatic hydroxyl groups is 1. The summed E-state index contributed by atoms with van der Waals surface area (Å²) in [7, 11) is 1.41. The van der Waals surface area contributed by atoms with Crippen LogP contribution in [0.4, 0.5) is 0 Å². The van der Waals surface area contributed by atoms with Gasteiger partial charge < -0.3 is 19.7 Å². The van der Waals surface area contributed by atoms with Crippen molar-refractivity contribution in [3.05, 3.63) is 29.8 Å². The second kappa shape index (κ2) is 6.09. The number of carboxylic acid groups (broad SMARTS) is 1. The van der Waals surface area contributed by atoms with Gasteiger partial charge >= 0.3 is 5.97 Å². The van der Waals surface area contributed by atoms with Crippen molar-refractivity contribution in [2.75, 3.05) is 13.7 Å². The molecule has 16 heavy (non-hydrogen) atoms. The van der Waals surface area contributed by atoms with Gasteiger partial charge in [-0.25, -0.2) is 4.79 Å². The summed E-state index contributed by atoms with van der Waals surface area (Å²) < 4.78 is 9.96. The van der Waals surface area contributed by atoms with Crippen molar-refractivity contribution in [1.29, 1.82) is 0 Å². The lowest BCUT2D eigenvalue weighted by Gasteiger charge is -2.14. The quantitative estimate of drug-likeness (QED) is 0.745. The number of hydrogen-bond donors (Lipinski definition) is 2. The maximum atomic E-state index is 10.8. The molecule has 0 saturated carbocycles. The van der Waals surface area contributed by atoms with Crippen molar-refractivity contribution in [2.24, 2.45) is 0 Å². The molecule has 1 atom stereocenters. The van der Waals surface area contributed by atoms with Gasteiger partial charge in [-0.3, -0.25) is 0 Å². The van der Waals surface area contributed by atoms with Crippen LogP contribution in [-0.4, -0.2) is 36.0 Å². The van der Waals surface area contributed by atoms with Crippen molar-refractivity contribution in [3.63, 3.8) is 0 Å². The lowest BCUT2D eigenvalue weighted by molar-refractivity contribution is -0.147. The summed E-state index contributed by atoms with van der Waals surface area (Å²) in [4.78, 5) is 10.8. The van der Waals surface area contributed by atoms with Gasteiger partial charge in [-0.05, 0) is 17.7 Å². The van der Waals surface area contributed by atoms with Gasteiger partial charge in [-0.15, -0.1) is 0 Å². The van der Waals surface area contributed by atoms with E-state index in [1.807, 2.05) is 0 Å². The molecule has 0 aliphatic carbocycles. The average molecular weight is 226 g/mol. The molecule has 0 spiro atoms. The van der Waals surface area contributed by atoms with Gasteiger partial charge in [0.05, 0.1) is 13.2 Å². The highest BCUT2D eigenvalue weighted by Gasteiger charge is 2.19. The first-order valence-electron chi connectivity index (χ1n) is 4.75. The van der Waals surface area contributed by atoms with E-state index in [1.54, 1.807) is 24.3 Å². The predicted octanol–water partition coefficient (Wildman–Crippen LogP) is 0.657. The first-order chi connectivity index (χ1) is 7.67. The fourth-order valence-electron chi connectivity index (χ4n) is 1.19. The van der Waals surface area contributed by atoms with Crippen LogP contribution in [0, 0.1) is 0 Å². The molecule has 0 saturated heterocycles. The van der Waals surface area contributed by atoms with Crippen molar-refractivity contribution < 1.29 is 24.5 Å². The van der Waals surface area contributed by atoms with E-state index in [9.17, 15) is 4.79 Å². The molecule has 0 bridgehead atoms. The molecular formula is C11H14O5. The predicted molar refractivity (Wildman–Crippen MR) is 56.3 cm³/mol. The Kier molecular flexibility index (Phi) is 4.75. The summed E-state index contributed by atoms with van der Waals surface area (Å²) in [6.45, 7) is -0.141. The summed E-state index contributed by atoms with van der Waals surface area (Å²) >= 11 is 0. The average Bonchev–Trinajstić information content (AvgIpc) is 2.28. The first-order valence-corrected chi connectivity index (χ1v) is 4.75. The number of ether oxygens (including phenoxy) is 2. The maximum Gasteiger partial charge on any atom is 0.347 e. The van der Waals surface area contributed by atoms with Crippen molar-refractivity contribution >= 4 is 5.97 Å². The van der Waals surface area contributed by atoms with Gasteiger partial charge in [-0.2, -0.15) is 0 Å². The first kappa shape index (κ1) is 12.5. The molecule has 0 aliphatic heterocycles. The minimum absolute atomic E-state index is 0.0291. The van der Waals surface area contributed by atoms with Crippen LogP contribution in [0.25, 0.3) is 0 Å². The number of methoxy groups -OCH3 is 1. The van der Waals surface area contributed by atoms with Gasteiger partial charge in [0.1, 0.15) is 5.75 Å². The van der Waals surface area contributed by atoms with Crippen LogP contribution in [0.2, 0.25) is 0 Å². The highest BCUT2D eigenvalue weighted by atomic mass is 16.5. The standard InChI is InChI=1S/C11H14O5/c1-15-7-10(11(13)14)16-9-4-2-3-8(5-9)6-12/h2-5,10,12H,6-7H2,1H3,(H,13,14). The van der Waals surface area contributed by atoms with E-state index >= 15 is 0 Å². The normalized spacial score (nSPS) is 12.1. The van der Waals surface area contributed by atoms with Gasteiger partial charge in [0, 0.05) is 7.11 Å². The zero-order valence-electron chi connectivity index (χ0n) is 8.92. The molecule has 0 fully saturated rings. The summed E-state index contributed by atoms with van der Waals surface area (Å²) in [5.74, 6) is -0.688. The van der Waals surface area contributed by atoms with E-state index in [-0.39, 0.29) is 13.2 Å². The molecule has 0 aromatic heterocycles. The van der Waals surface area contributed by atoms with E-state index in [0.717, 1.165) is 0 Å². The summed E-state index contributed by atoms with van der Waals surface area (Å²) in [5.41, 5.74) is 0.666. The molecule has 1 rings (SSSR count). The lowest BCUT2D eigenvalue weighted by atomic mass is 10.2. The van der Waals surface area contributed by atoms with E-state index in [2.05, 4.69) is 0 Å². The van der Waals surface area contributed by atoms with Crippen molar-refractivity contribution in [1.82, 2.24) is 0 Å². The maximum absolute atomic E-state index is 10.8. The summed E-state index contributed by atoms with van der Waals surface area (Å²) in [6, 6.07) is 6.63. The second-order valence-corrected chi connectivity index (χ2v) is 3.21. The van der Waals surface area contributed by atoms with Crippen LogP contribution < -0.4 is 4.74 Å². The van der Waals surface area contributed by atoms with Crippen LogP contribution in [0.5, 0.6) is 5.75 Å². The largest absolute Gasteiger partial charge is 0.478 e. The Morgan fingerprint density at radius 1 is 1.50 bits per heavy atom. The number of rotatable bonds is 6. The van der Waals surface area contributed by atoms with E-state index < -0.39 is 12.1 Å². The highest BCUT2D eigenvalue weighted by Crippen LogP contribution is 2.15. The van der Waals surface area contributed by atoms with Crippen LogP contribution in [-0.2, 0) is 16.1 Å². The SMILES string of the molecule is COCC(Oc1cccc(CO)c1)C(=O)O. The van der Waals surface area contributed by atoms with E-state index in [1.165, 1.54) is 7.11 Å². The number of carbonyl (C=O) groups is 1. The molecule has 0 aliphatic rings. The molecule has 0 radical (unpaired) electrons. The Bertz CT molecular complexity index is 350. The molecule has 2 N–H and O–H groups in total. The third kappa shape index (κ3) is 3.52. The van der Waals surface area contributed by atoms with Crippen molar-refractivity contribution in [2.45, 2.75) is 12.7 Å². The number of hydrogen-bond acceptors (Lipinski definition) is 4. The molecule has 88 valence electrons. The summed E-state index contributed by atoms with van der Waals surface area (Å²) in [5, 5.41) is 17.7. The highest BCUT2D eigenvalue weighted by molar-refractivity contribution is 5.72. The molecule has 5 nitrogen and oxygen atoms in total. The molecule has 0 amide bonds. The third-order valence-corrected chi connectivity index (χ3v) is 1.95. The van der Waals surface area contributed by atoms with Crippen molar-refractivity contribution in [3.8, 4) is 5.75 Å². The molecule has 1 aromatic rings. The fourth-order valence-corrected chi connectivity index (χ4v) is 1.19. The lowest BCUT2D eigenvalue weighted by Crippen LogP contribution is -2.31. The van der Waals surface area contributed by atoms with Gasteiger partial charge in [0.25, 0.3) is 0 Å². The fraction of sp³-hybridized carbons (Fsp3) is 0.364. The Morgan fingerprint density at radius 3 is 2.81 bits per heavy atom. The monoisotopic (exact) mass is 226 g/mol. The number of benzene rings is 1. The zero-order chi connectivity index (χ0) is 12.0. The van der Waals surface area contributed by atoms with E-state index in [0.29, 0.717) is 11.3 Å². The van der Waals surface area contributed by atoms with Crippen LogP contribution in [0.1, 0.15) is 5.56 Å². The molecule has 0 heterocycles. The summed E-state index contributed by atoms with van der Waals surface area (Å²) in [6.07, 6.45) is -1.04. The van der Waals surface area contributed by atoms with Crippen LogP contribution >= 0.6 is 0 Å². The molecule has 1 aromatic carbocycles. The van der Waals surface area contributed by atoms with Gasteiger partial charge in [-0.1, -0.05) is 12.1 Å². The molecule has 5 heteroatoms. The number of aliphatic carboxylic acids is 1. The molecular weight excluding hydrogens is 212 g/mol. The Balaban J connectivity index is 2.72.